The number of aromatic amines is 1. The lowest BCUT2D eigenvalue weighted by molar-refractivity contribution is 0.0923. The number of fused-ring (bicyclic) bond motifs is 2. The number of nitriles is 1. The minimum absolute atomic E-state index is 0.0901. The third kappa shape index (κ3) is 3.57. The van der Waals surface area contributed by atoms with Crippen molar-refractivity contribution >= 4 is 16.9 Å². The lowest BCUT2D eigenvalue weighted by Gasteiger charge is -2.29. The Hall–Kier alpha value is -3.53. The molecule has 1 aromatic heterocycles. The van der Waals surface area contributed by atoms with Crippen molar-refractivity contribution in [2.75, 3.05) is 13.2 Å². The normalized spacial score (nSPS) is 20.5. The van der Waals surface area contributed by atoms with E-state index in [0.717, 1.165) is 42.5 Å². The Labute approximate surface area is 174 Å². The number of H-pyrrole nitrogens is 1. The van der Waals surface area contributed by atoms with Gasteiger partial charge in [-0.05, 0) is 55.7 Å². The maximum absolute atomic E-state index is 12.8. The Balaban J connectivity index is 1.28. The van der Waals surface area contributed by atoms with Crippen LogP contribution in [0, 0.1) is 11.3 Å². The van der Waals surface area contributed by atoms with E-state index in [1.807, 2.05) is 12.1 Å². The predicted octanol–water partition coefficient (Wildman–Crippen LogP) is 3.66. The monoisotopic (exact) mass is 402 g/mol. The van der Waals surface area contributed by atoms with Gasteiger partial charge < -0.3 is 19.8 Å². The zero-order valence-corrected chi connectivity index (χ0v) is 16.5. The van der Waals surface area contributed by atoms with Crippen molar-refractivity contribution in [3.63, 3.8) is 0 Å². The predicted molar refractivity (Wildman–Crippen MR) is 111 cm³/mol. The summed E-state index contributed by atoms with van der Waals surface area (Å²) in [5, 5.41) is 12.3. The molecule has 3 aromatic rings. The molecular formula is C23H22N4O3. The summed E-state index contributed by atoms with van der Waals surface area (Å²) in [5.41, 5.74) is 2.94. The Morgan fingerprint density at radius 3 is 2.87 bits per heavy atom. The van der Waals surface area contributed by atoms with E-state index in [-0.39, 0.29) is 17.9 Å². The number of benzene rings is 2. The second-order valence-corrected chi connectivity index (χ2v) is 7.86. The number of ether oxygens (including phenoxy) is 2. The fraction of sp³-hybridized carbons (Fsp3) is 0.348. The van der Waals surface area contributed by atoms with E-state index in [4.69, 9.17) is 19.7 Å². The third-order valence-electron chi connectivity index (χ3n) is 5.83. The molecule has 1 aliphatic heterocycles. The second kappa shape index (κ2) is 7.71. The summed E-state index contributed by atoms with van der Waals surface area (Å²) >= 11 is 0. The van der Waals surface area contributed by atoms with Crippen LogP contribution in [0.3, 0.4) is 0 Å². The molecule has 1 saturated carbocycles. The van der Waals surface area contributed by atoms with Crippen LogP contribution < -0.4 is 14.8 Å². The highest BCUT2D eigenvalue weighted by Crippen LogP contribution is 2.34. The van der Waals surface area contributed by atoms with E-state index >= 15 is 0 Å². The smallest absolute Gasteiger partial charge is 0.251 e. The standard InChI is InChI=1S/C23H22N4O3/c24-13-14-4-6-18-19(10-14)27-22(26-18)15-2-1-3-17(11-15)25-23(28)16-5-7-20-21(12-16)30-9-8-29-20/h4-7,10,12,15,17H,1-3,8-9,11H2,(H,25,28)(H,26,27)/t15-,17+/m0/s1. The fourth-order valence-corrected chi connectivity index (χ4v) is 4.31. The second-order valence-electron chi connectivity index (χ2n) is 7.86. The number of imidazole rings is 1. The molecule has 7 heteroatoms. The van der Waals surface area contributed by atoms with Crippen LogP contribution in [-0.4, -0.2) is 35.1 Å². The maximum atomic E-state index is 12.8. The van der Waals surface area contributed by atoms with E-state index < -0.39 is 0 Å². The number of hydrogen-bond donors (Lipinski definition) is 2. The highest BCUT2D eigenvalue weighted by molar-refractivity contribution is 5.95. The van der Waals surface area contributed by atoms with Crippen molar-refractivity contribution in [2.45, 2.75) is 37.6 Å². The Bertz CT molecular complexity index is 1150. The number of hydrogen-bond acceptors (Lipinski definition) is 5. The fourth-order valence-electron chi connectivity index (χ4n) is 4.31. The molecule has 0 bridgehead atoms. The molecule has 2 aromatic carbocycles. The van der Waals surface area contributed by atoms with Gasteiger partial charge in [0.15, 0.2) is 11.5 Å². The molecule has 1 fully saturated rings. The molecule has 2 atom stereocenters. The minimum Gasteiger partial charge on any atom is -0.486 e. The van der Waals surface area contributed by atoms with Gasteiger partial charge in [0.2, 0.25) is 0 Å². The Morgan fingerprint density at radius 1 is 1.13 bits per heavy atom. The summed E-state index contributed by atoms with van der Waals surface area (Å²) in [5.74, 6) is 2.39. The van der Waals surface area contributed by atoms with Crippen molar-refractivity contribution < 1.29 is 14.3 Å². The molecule has 1 amide bonds. The van der Waals surface area contributed by atoms with E-state index in [1.54, 1.807) is 24.3 Å². The highest BCUT2D eigenvalue weighted by atomic mass is 16.6. The summed E-state index contributed by atoms with van der Waals surface area (Å²) in [6.45, 7) is 1.03. The number of nitrogens with one attached hydrogen (secondary N) is 2. The van der Waals surface area contributed by atoms with E-state index in [9.17, 15) is 4.79 Å². The summed E-state index contributed by atoms with van der Waals surface area (Å²) < 4.78 is 11.1. The molecule has 2 aliphatic rings. The van der Waals surface area contributed by atoms with E-state index in [2.05, 4.69) is 16.4 Å². The van der Waals surface area contributed by atoms with Gasteiger partial charge in [-0.25, -0.2) is 4.98 Å². The van der Waals surface area contributed by atoms with Gasteiger partial charge in [0.05, 0.1) is 22.7 Å². The molecule has 2 heterocycles. The van der Waals surface area contributed by atoms with Crippen molar-refractivity contribution in [1.29, 1.82) is 5.26 Å². The zero-order valence-electron chi connectivity index (χ0n) is 16.5. The van der Waals surface area contributed by atoms with Crippen LogP contribution >= 0.6 is 0 Å². The summed E-state index contributed by atoms with van der Waals surface area (Å²) in [6.07, 6.45) is 3.84. The molecular weight excluding hydrogens is 380 g/mol. The van der Waals surface area contributed by atoms with Crippen LogP contribution in [0.4, 0.5) is 0 Å². The molecule has 0 spiro atoms. The summed E-state index contributed by atoms with van der Waals surface area (Å²) in [6, 6.07) is 13.0. The van der Waals surface area contributed by atoms with Crippen LogP contribution in [0.1, 0.15) is 53.3 Å². The van der Waals surface area contributed by atoms with Crippen molar-refractivity contribution in [2.24, 2.45) is 0 Å². The van der Waals surface area contributed by atoms with Crippen molar-refractivity contribution in [3.05, 3.63) is 53.3 Å². The number of carbonyl (C=O) groups is 1. The van der Waals surface area contributed by atoms with Gasteiger partial charge in [-0.3, -0.25) is 4.79 Å². The first-order valence-electron chi connectivity index (χ1n) is 10.3. The summed E-state index contributed by atoms with van der Waals surface area (Å²) in [7, 11) is 0. The van der Waals surface area contributed by atoms with Crippen LogP contribution in [0.15, 0.2) is 36.4 Å². The van der Waals surface area contributed by atoms with Crippen LogP contribution in [0.25, 0.3) is 11.0 Å². The number of carbonyl (C=O) groups excluding carboxylic acids is 1. The van der Waals surface area contributed by atoms with E-state index in [1.165, 1.54) is 0 Å². The van der Waals surface area contributed by atoms with Gasteiger partial charge in [0, 0.05) is 17.5 Å². The molecule has 2 N–H and O–H groups in total. The molecule has 152 valence electrons. The first-order chi connectivity index (χ1) is 14.7. The number of amides is 1. The van der Waals surface area contributed by atoms with Crippen molar-refractivity contribution in [1.82, 2.24) is 15.3 Å². The van der Waals surface area contributed by atoms with E-state index in [0.29, 0.717) is 35.8 Å². The topological polar surface area (TPSA) is 100 Å². The molecule has 0 saturated heterocycles. The average Bonchev–Trinajstić information content (AvgIpc) is 3.22. The zero-order chi connectivity index (χ0) is 20.5. The SMILES string of the molecule is N#Cc1ccc2nc([C@H]3CCC[C@@H](NC(=O)c4ccc5c(c4)OCCO5)C3)[nH]c2c1. The lowest BCUT2D eigenvalue weighted by Crippen LogP contribution is -2.38. The first-order valence-corrected chi connectivity index (χ1v) is 10.3. The molecule has 0 unspecified atom stereocenters. The van der Waals surface area contributed by atoms with Gasteiger partial charge in [0.1, 0.15) is 19.0 Å². The van der Waals surface area contributed by atoms with Gasteiger partial charge in [-0.1, -0.05) is 6.42 Å². The Morgan fingerprint density at radius 2 is 2.00 bits per heavy atom. The first kappa shape index (κ1) is 18.5. The van der Waals surface area contributed by atoms with Gasteiger partial charge in [0.25, 0.3) is 5.91 Å². The molecule has 5 rings (SSSR count). The van der Waals surface area contributed by atoms with Gasteiger partial charge in [-0.15, -0.1) is 0 Å². The van der Waals surface area contributed by atoms with Crippen LogP contribution in [-0.2, 0) is 0 Å². The van der Waals surface area contributed by atoms with Gasteiger partial charge in [-0.2, -0.15) is 5.26 Å². The van der Waals surface area contributed by atoms with Crippen LogP contribution in [0.2, 0.25) is 0 Å². The average molecular weight is 402 g/mol. The number of nitrogens with zero attached hydrogens (tertiary/aromatic N) is 2. The minimum atomic E-state index is -0.0964. The van der Waals surface area contributed by atoms with Gasteiger partial charge >= 0.3 is 0 Å². The van der Waals surface area contributed by atoms with Crippen molar-refractivity contribution in [3.8, 4) is 17.6 Å². The largest absolute Gasteiger partial charge is 0.486 e. The quantitative estimate of drug-likeness (QED) is 0.696. The highest BCUT2D eigenvalue weighted by Gasteiger charge is 2.27. The molecule has 30 heavy (non-hydrogen) atoms. The maximum Gasteiger partial charge on any atom is 0.251 e. The Kier molecular flexibility index (Phi) is 4.75. The molecule has 0 radical (unpaired) electrons. The van der Waals surface area contributed by atoms with Crippen LogP contribution in [0.5, 0.6) is 11.5 Å². The number of aromatic nitrogens is 2. The summed E-state index contributed by atoms with van der Waals surface area (Å²) in [4.78, 5) is 20.9. The molecule has 1 aliphatic carbocycles. The number of rotatable bonds is 3. The molecule has 7 nitrogen and oxygen atoms in total. The lowest BCUT2D eigenvalue weighted by atomic mass is 9.85. The third-order valence-corrected chi connectivity index (χ3v) is 5.83.